The Bertz CT molecular complexity index is 932. The van der Waals surface area contributed by atoms with E-state index in [1.807, 2.05) is 6.07 Å². The Hall–Kier alpha value is -2.13. The van der Waals surface area contributed by atoms with Gasteiger partial charge in [-0.3, -0.25) is 4.79 Å². The zero-order chi connectivity index (χ0) is 22.1. The van der Waals surface area contributed by atoms with Crippen LogP contribution in [0.25, 0.3) is 0 Å². The Morgan fingerprint density at radius 3 is 2.37 bits per heavy atom. The van der Waals surface area contributed by atoms with E-state index in [2.05, 4.69) is 28.8 Å². The Morgan fingerprint density at radius 1 is 1.10 bits per heavy atom. The molecule has 0 unspecified atom stereocenters. The third kappa shape index (κ3) is 6.98. The van der Waals surface area contributed by atoms with E-state index >= 15 is 0 Å². The van der Waals surface area contributed by atoms with Crippen molar-refractivity contribution in [2.24, 2.45) is 0 Å². The van der Waals surface area contributed by atoms with Crippen molar-refractivity contribution in [1.82, 2.24) is 9.62 Å². The van der Waals surface area contributed by atoms with Crippen molar-refractivity contribution < 1.29 is 17.9 Å². The molecule has 1 amide bonds. The number of carbonyl (C=O) groups excluding carboxylic acids is 1. The van der Waals surface area contributed by atoms with Gasteiger partial charge in [0.25, 0.3) is 0 Å². The van der Waals surface area contributed by atoms with Crippen LogP contribution >= 0.6 is 11.6 Å². The summed E-state index contributed by atoms with van der Waals surface area (Å²) in [5.74, 6) is 0.0399. The lowest BCUT2D eigenvalue weighted by atomic mass is 10.2. The van der Waals surface area contributed by atoms with Crippen LogP contribution in [0.4, 0.5) is 5.69 Å². The van der Waals surface area contributed by atoms with Crippen molar-refractivity contribution in [3.63, 3.8) is 0 Å². The lowest BCUT2D eigenvalue weighted by molar-refractivity contribution is -0.117. The van der Waals surface area contributed by atoms with E-state index < -0.39 is 22.0 Å². The first-order chi connectivity index (χ1) is 14.3. The number of anilines is 1. The van der Waals surface area contributed by atoms with Gasteiger partial charge in [-0.25, -0.2) is 8.42 Å². The smallest absolute Gasteiger partial charge is 0.242 e. The molecule has 0 heterocycles. The number of halogens is 1. The zero-order valence-corrected chi connectivity index (χ0v) is 19.0. The van der Waals surface area contributed by atoms with Gasteiger partial charge in [0.1, 0.15) is 12.4 Å². The average molecular weight is 454 g/mol. The van der Waals surface area contributed by atoms with Gasteiger partial charge in [-0.1, -0.05) is 37.6 Å². The van der Waals surface area contributed by atoms with Crippen LogP contribution in [-0.4, -0.2) is 51.5 Å². The maximum absolute atomic E-state index is 12.6. The van der Waals surface area contributed by atoms with Gasteiger partial charge in [-0.2, -0.15) is 4.72 Å². The molecule has 0 bridgehead atoms. The molecule has 0 saturated heterocycles. The van der Waals surface area contributed by atoms with Gasteiger partial charge in [0.15, 0.2) is 0 Å². The lowest BCUT2D eigenvalue weighted by Gasteiger charge is -2.19. The lowest BCUT2D eigenvalue weighted by Crippen LogP contribution is -2.41. The molecule has 2 rings (SSSR count). The fourth-order valence-electron chi connectivity index (χ4n) is 2.73. The third-order valence-electron chi connectivity index (χ3n) is 4.55. The molecule has 0 aliphatic rings. The Kier molecular flexibility index (Phi) is 9.10. The maximum Gasteiger partial charge on any atom is 0.242 e. The minimum Gasteiger partial charge on any atom is -0.490 e. The largest absolute Gasteiger partial charge is 0.490 e. The number of ether oxygens (including phenoxy) is 1. The summed E-state index contributed by atoms with van der Waals surface area (Å²) in [6, 6.07) is 11.8. The van der Waals surface area contributed by atoms with Crippen LogP contribution < -0.4 is 14.8 Å². The van der Waals surface area contributed by atoms with Gasteiger partial charge in [0.2, 0.25) is 15.9 Å². The quantitative estimate of drug-likeness (QED) is 0.544. The number of amides is 1. The van der Waals surface area contributed by atoms with Crippen molar-refractivity contribution in [3.8, 4) is 5.75 Å². The highest BCUT2D eigenvalue weighted by Crippen LogP contribution is 2.24. The first kappa shape index (κ1) is 24.1. The number of carbonyl (C=O) groups is 1. The SMILES string of the molecule is CCN(CC)CCOc1ccccc1NC(=O)[C@H](C)NS(=O)(=O)c1ccc(Cl)cc1. The third-order valence-corrected chi connectivity index (χ3v) is 6.36. The summed E-state index contributed by atoms with van der Waals surface area (Å²) in [7, 11) is -3.86. The van der Waals surface area contributed by atoms with E-state index in [9.17, 15) is 13.2 Å². The van der Waals surface area contributed by atoms with Gasteiger partial charge >= 0.3 is 0 Å². The molecular weight excluding hydrogens is 426 g/mol. The first-order valence-corrected chi connectivity index (χ1v) is 11.7. The molecule has 1 atom stereocenters. The number of sulfonamides is 1. The highest BCUT2D eigenvalue weighted by atomic mass is 35.5. The van der Waals surface area contributed by atoms with Crippen molar-refractivity contribution >= 4 is 33.2 Å². The number of hydrogen-bond acceptors (Lipinski definition) is 5. The highest BCUT2D eigenvalue weighted by molar-refractivity contribution is 7.89. The topological polar surface area (TPSA) is 87.7 Å². The molecule has 30 heavy (non-hydrogen) atoms. The summed E-state index contributed by atoms with van der Waals surface area (Å²) in [6.07, 6.45) is 0. The molecule has 2 N–H and O–H groups in total. The van der Waals surface area contributed by atoms with Crippen LogP contribution in [0.2, 0.25) is 5.02 Å². The van der Waals surface area contributed by atoms with Crippen molar-refractivity contribution in [1.29, 1.82) is 0 Å². The number of benzene rings is 2. The molecule has 9 heteroatoms. The number of para-hydroxylation sites is 2. The van der Waals surface area contributed by atoms with Crippen LogP contribution in [0.1, 0.15) is 20.8 Å². The van der Waals surface area contributed by atoms with E-state index in [1.165, 1.54) is 31.2 Å². The fraction of sp³-hybridized carbons (Fsp3) is 0.381. The molecule has 0 fully saturated rings. The molecule has 0 aliphatic carbocycles. The number of likely N-dealkylation sites (N-methyl/N-ethyl adjacent to an activating group) is 1. The monoisotopic (exact) mass is 453 g/mol. The van der Waals surface area contributed by atoms with E-state index in [0.717, 1.165) is 19.6 Å². The van der Waals surface area contributed by atoms with Crippen molar-refractivity contribution in [2.45, 2.75) is 31.7 Å². The average Bonchev–Trinajstić information content (AvgIpc) is 2.72. The van der Waals surface area contributed by atoms with Gasteiger partial charge in [0.05, 0.1) is 16.6 Å². The molecule has 0 aromatic heterocycles. The van der Waals surface area contributed by atoms with Gasteiger partial charge in [-0.15, -0.1) is 0 Å². The number of hydrogen-bond donors (Lipinski definition) is 2. The molecule has 164 valence electrons. The first-order valence-electron chi connectivity index (χ1n) is 9.79. The van der Waals surface area contributed by atoms with Gasteiger partial charge in [-0.05, 0) is 56.4 Å². The van der Waals surface area contributed by atoms with E-state index in [-0.39, 0.29) is 4.90 Å². The summed E-state index contributed by atoms with van der Waals surface area (Å²) in [4.78, 5) is 14.8. The van der Waals surface area contributed by atoms with Crippen molar-refractivity contribution in [2.75, 3.05) is 31.6 Å². The standard InChI is InChI=1S/C21H28ClN3O4S/c1-4-25(5-2)14-15-29-20-9-7-6-8-19(20)23-21(26)16(3)24-30(27,28)18-12-10-17(22)11-13-18/h6-13,16,24H,4-5,14-15H2,1-3H3,(H,23,26)/t16-/m0/s1. The summed E-state index contributed by atoms with van der Waals surface area (Å²) in [6.45, 7) is 8.77. The fourth-order valence-corrected chi connectivity index (χ4v) is 4.06. The van der Waals surface area contributed by atoms with Crippen LogP contribution in [0, 0.1) is 0 Å². The molecular formula is C21H28ClN3O4S. The van der Waals surface area contributed by atoms with Gasteiger partial charge < -0.3 is 15.0 Å². The van der Waals surface area contributed by atoms with Gasteiger partial charge in [0, 0.05) is 11.6 Å². The number of rotatable bonds is 11. The molecule has 7 nitrogen and oxygen atoms in total. The Morgan fingerprint density at radius 2 is 1.73 bits per heavy atom. The van der Waals surface area contributed by atoms with E-state index in [4.69, 9.17) is 16.3 Å². The Labute approximate surface area is 183 Å². The van der Waals surface area contributed by atoms with Crippen LogP contribution in [-0.2, 0) is 14.8 Å². The summed E-state index contributed by atoms with van der Waals surface area (Å²) in [5.41, 5.74) is 0.486. The van der Waals surface area contributed by atoms with Crippen LogP contribution in [0.3, 0.4) is 0 Å². The molecule has 0 saturated carbocycles. The van der Waals surface area contributed by atoms with E-state index in [0.29, 0.717) is 23.1 Å². The summed E-state index contributed by atoms with van der Waals surface area (Å²) in [5, 5.41) is 3.16. The predicted octanol–water partition coefficient (Wildman–Crippen LogP) is 3.37. The van der Waals surface area contributed by atoms with Crippen LogP contribution in [0.15, 0.2) is 53.4 Å². The Balaban J connectivity index is 2.00. The summed E-state index contributed by atoms with van der Waals surface area (Å²) >= 11 is 5.80. The van der Waals surface area contributed by atoms with Crippen molar-refractivity contribution in [3.05, 3.63) is 53.6 Å². The van der Waals surface area contributed by atoms with Crippen LogP contribution in [0.5, 0.6) is 5.75 Å². The second-order valence-corrected chi connectivity index (χ2v) is 8.81. The zero-order valence-electron chi connectivity index (χ0n) is 17.4. The minimum atomic E-state index is -3.86. The molecule has 2 aromatic rings. The predicted molar refractivity (Wildman–Crippen MR) is 120 cm³/mol. The number of nitrogens with zero attached hydrogens (tertiary/aromatic N) is 1. The van der Waals surface area contributed by atoms with E-state index in [1.54, 1.807) is 18.2 Å². The minimum absolute atomic E-state index is 0.0340. The highest BCUT2D eigenvalue weighted by Gasteiger charge is 2.22. The second kappa shape index (κ2) is 11.3. The molecule has 2 aromatic carbocycles. The normalized spacial score (nSPS) is 12.6. The maximum atomic E-state index is 12.6. The molecule has 0 spiro atoms. The molecule has 0 radical (unpaired) electrons. The second-order valence-electron chi connectivity index (χ2n) is 6.66. The number of nitrogens with one attached hydrogen (secondary N) is 2. The summed E-state index contributed by atoms with van der Waals surface area (Å²) < 4.78 is 33.2. The molecule has 0 aliphatic heterocycles.